The van der Waals surface area contributed by atoms with Gasteiger partial charge in [-0.2, -0.15) is 0 Å². The fourth-order valence-electron chi connectivity index (χ4n) is 3.64. The minimum atomic E-state index is -1.27. The molecule has 0 radical (unpaired) electrons. The molecule has 2 N–H and O–H groups in total. The third kappa shape index (κ3) is 3.39. The number of urea groups is 1. The molecule has 0 spiro atoms. The maximum absolute atomic E-state index is 13.2. The molecule has 30 heavy (non-hydrogen) atoms. The second-order valence-corrected chi connectivity index (χ2v) is 7.52. The Morgan fingerprint density at radius 2 is 1.80 bits per heavy atom. The molecule has 0 aromatic heterocycles. The van der Waals surface area contributed by atoms with E-state index in [4.69, 9.17) is 0 Å². The lowest BCUT2D eigenvalue weighted by Crippen LogP contribution is -2.42. The molecule has 1 atom stereocenters. The van der Waals surface area contributed by atoms with Crippen molar-refractivity contribution < 1.29 is 18.8 Å². The highest BCUT2D eigenvalue weighted by atomic mass is 19.1. The number of amides is 4. The van der Waals surface area contributed by atoms with Gasteiger partial charge in [-0.15, -0.1) is 0 Å². The number of imide groups is 1. The number of aryl methyl sites for hydroxylation is 1. The number of nitrogens with zero attached hydrogens (tertiary/aromatic N) is 1. The number of hydrogen-bond donors (Lipinski definition) is 2. The van der Waals surface area contributed by atoms with Gasteiger partial charge in [0.1, 0.15) is 17.9 Å². The van der Waals surface area contributed by atoms with E-state index in [-0.39, 0.29) is 0 Å². The number of rotatable bonds is 4. The van der Waals surface area contributed by atoms with Gasteiger partial charge in [0, 0.05) is 5.69 Å². The van der Waals surface area contributed by atoms with E-state index in [1.165, 1.54) is 18.2 Å². The molecule has 1 fully saturated rings. The van der Waals surface area contributed by atoms with Crippen molar-refractivity contribution in [2.75, 3.05) is 11.9 Å². The van der Waals surface area contributed by atoms with Gasteiger partial charge in [0.05, 0.1) is 0 Å². The van der Waals surface area contributed by atoms with Crippen molar-refractivity contribution in [2.24, 2.45) is 0 Å². The Labute approximate surface area is 172 Å². The van der Waals surface area contributed by atoms with E-state index in [2.05, 4.69) is 10.6 Å². The number of anilines is 1. The molecule has 6 nitrogen and oxygen atoms in total. The van der Waals surface area contributed by atoms with E-state index in [9.17, 15) is 18.8 Å². The molecule has 0 saturated carbocycles. The molecule has 4 amide bonds. The zero-order chi connectivity index (χ0) is 21.5. The molecular weight excluding hydrogens is 385 g/mol. The standard InChI is InChI=1S/C23H20FN3O3/c1-14-11-18(24)9-10-19(14)25-20(28)13-27-21(29)23(2,26-22(27)30)17-8-7-15-5-3-4-6-16(15)12-17/h3-12H,13H2,1-2H3,(H,25,28)(H,26,30)/t23-/m1/s1. The van der Waals surface area contributed by atoms with Crippen LogP contribution in [0, 0.1) is 12.7 Å². The lowest BCUT2D eigenvalue weighted by atomic mass is 9.90. The predicted molar refractivity (Wildman–Crippen MR) is 111 cm³/mol. The Kier molecular flexibility index (Phi) is 4.73. The molecule has 0 unspecified atom stereocenters. The first kappa shape index (κ1) is 19.6. The Bertz CT molecular complexity index is 1190. The minimum absolute atomic E-state index is 0.411. The number of benzene rings is 3. The number of nitrogens with one attached hydrogen (secondary N) is 2. The van der Waals surface area contributed by atoms with Gasteiger partial charge in [-0.05, 0) is 60.0 Å². The normalized spacial score (nSPS) is 18.6. The Balaban J connectivity index is 1.54. The molecule has 0 bridgehead atoms. The second-order valence-electron chi connectivity index (χ2n) is 7.52. The van der Waals surface area contributed by atoms with E-state index < -0.39 is 35.7 Å². The summed E-state index contributed by atoms with van der Waals surface area (Å²) in [4.78, 5) is 38.9. The molecule has 1 saturated heterocycles. The maximum Gasteiger partial charge on any atom is 0.325 e. The summed E-state index contributed by atoms with van der Waals surface area (Å²) in [6, 6.07) is 16.6. The molecule has 3 aromatic carbocycles. The largest absolute Gasteiger partial charge is 0.325 e. The Morgan fingerprint density at radius 1 is 1.07 bits per heavy atom. The monoisotopic (exact) mass is 405 g/mol. The number of carbonyl (C=O) groups is 3. The van der Waals surface area contributed by atoms with Gasteiger partial charge in [0.15, 0.2) is 0 Å². The highest BCUT2D eigenvalue weighted by Gasteiger charge is 2.49. The Hall–Kier alpha value is -3.74. The van der Waals surface area contributed by atoms with Crippen LogP contribution in [0.5, 0.6) is 0 Å². The van der Waals surface area contributed by atoms with Crippen LogP contribution in [0.15, 0.2) is 60.7 Å². The highest BCUT2D eigenvalue weighted by Crippen LogP contribution is 2.31. The summed E-state index contributed by atoms with van der Waals surface area (Å²) < 4.78 is 13.2. The van der Waals surface area contributed by atoms with Crippen molar-refractivity contribution in [1.82, 2.24) is 10.2 Å². The predicted octanol–water partition coefficient (Wildman–Crippen LogP) is 3.69. The first-order valence-corrected chi connectivity index (χ1v) is 9.47. The molecule has 1 aliphatic heterocycles. The van der Waals surface area contributed by atoms with Crippen molar-refractivity contribution in [3.63, 3.8) is 0 Å². The van der Waals surface area contributed by atoms with Crippen molar-refractivity contribution in [3.8, 4) is 0 Å². The topological polar surface area (TPSA) is 78.5 Å². The number of fused-ring (bicyclic) bond motifs is 1. The van der Waals surface area contributed by atoms with Crippen LogP contribution in [0.1, 0.15) is 18.1 Å². The van der Waals surface area contributed by atoms with E-state index in [1.807, 2.05) is 36.4 Å². The van der Waals surface area contributed by atoms with Gasteiger partial charge in [-0.3, -0.25) is 14.5 Å². The van der Waals surface area contributed by atoms with Gasteiger partial charge < -0.3 is 10.6 Å². The lowest BCUT2D eigenvalue weighted by molar-refractivity contribution is -0.133. The highest BCUT2D eigenvalue weighted by molar-refractivity contribution is 6.10. The number of halogens is 1. The maximum atomic E-state index is 13.2. The van der Waals surface area contributed by atoms with Crippen LogP contribution < -0.4 is 10.6 Å². The molecule has 1 heterocycles. The molecule has 1 aliphatic rings. The molecule has 152 valence electrons. The van der Waals surface area contributed by atoms with Crippen molar-refractivity contribution in [2.45, 2.75) is 19.4 Å². The fourth-order valence-corrected chi connectivity index (χ4v) is 3.64. The van der Waals surface area contributed by atoms with Gasteiger partial charge >= 0.3 is 6.03 Å². The summed E-state index contributed by atoms with van der Waals surface area (Å²) >= 11 is 0. The van der Waals surface area contributed by atoms with E-state index >= 15 is 0 Å². The first-order valence-electron chi connectivity index (χ1n) is 9.47. The second kappa shape index (κ2) is 7.26. The first-order chi connectivity index (χ1) is 14.3. The molecule has 7 heteroatoms. The quantitative estimate of drug-likeness (QED) is 0.650. The summed E-state index contributed by atoms with van der Waals surface area (Å²) in [5.74, 6) is -1.46. The van der Waals surface area contributed by atoms with Gasteiger partial charge in [-0.1, -0.05) is 36.4 Å². The van der Waals surface area contributed by atoms with E-state index in [1.54, 1.807) is 19.9 Å². The zero-order valence-electron chi connectivity index (χ0n) is 16.5. The van der Waals surface area contributed by atoms with E-state index in [0.29, 0.717) is 16.8 Å². The third-order valence-corrected chi connectivity index (χ3v) is 5.37. The van der Waals surface area contributed by atoms with Gasteiger partial charge in [0.2, 0.25) is 5.91 Å². The summed E-state index contributed by atoms with van der Waals surface area (Å²) in [5.41, 5.74) is 0.330. The molecule has 0 aliphatic carbocycles. The number of carbonyl (C=O) groups excluding carboxylic acids is 3. The lowest BCUT2D eigenvalue weighted by Gasteiger charge is -2.22. The molecule has 3 aromatic rings. The Morgan fingerprint density at radius 3 is 2.53 bits per heavy atom. The average Bonchev–Trinajstić information content (AvgIpc) is 2.94. The van der Waals surface area contributed by atoms with Crippen LogP contribution in [0.25, 0.3) is 10.8 Å². The van der Waals surface area contributed by atoms with Crippen LogP contribution in [-0.2, 0) is 15.1 Å². The van der Waals surface area contributed by atoms with Crippen LogP contribution in [0.2, 0.25) is 0 Å². The van der Waals surface area contributed by atoms with Crippen molar-refractivity contribution in [3.05, 3.63) is 77.6 Å². The molecular formula is C23H20FN3O3. The third-order valence-electron chi connectivity index (χ3n) is 5.37. The zero-order valence-corrected chi connectivity index (χ0v) is 16.5. The van der Waals surface area contributed by atoms with Crippen molar-refractivity contribution >= 4 is 34.3 Å². The minimum Gasteiger partial charge on any atom is -0.324 e. The SMILES string of the molecule is Cc1cc(F)ccc1NC(=O)CN1C(=O)N[C@](C)(c2ccc3ccccc3c2)C1=O. The summed E-state index contributed by atoms with van der Waals surface area (Å²) in [6.07, 6.45) is 0. The van der Waals surface area contributed by atoms with Crippen LogP contribution in [0.3, 0.4) is 0 Å². The van der Waals surface area contributed by atoms with Gasteiger partial charge in [0.25, 0.3) is 5.91 Å². The fraction of sp³-hybridized carbons (Fsp3) is 0.174. The van der Waals surface area contributed by atoms with Crippen LogP contribution in [-0.4, -0.2) is 29.3 Å². The average molecular weight is 405 g/mol. The van der Waals surface area contributed by atoms with E-state index in [0.717, 1.165) is 15.7 Å². The van der Waals surface area contributed by atoms with Crippen LogP contribution >= 0.6 is 0 Å². The summed E-state index contributed by atoms with van der Waals surface area (Å²) in [5, 5.41) is 7.29. The number of hydrogen-bond acceptors (Lipinski definition) is 3. The van der Waals surface area contributed by atoms with Gasteiger partial charge in [-0.25, -0.2) is 9.18 Å². The molecule has 4 rings (SSSR count). The smallest absolute Gasteiger partial charge is 0.324 e. The van der Waals surface area contributed by atoms with Crippen molar-refractivity contribution in [1.29, 1.82) is 0 Å². The van der Waals surface area contributed by atoms with Crippen LogP contribution in [0.4, 0.5) is 14.9 Å². The summed E-state index contributed by atoms with van der Waals surface area (Å²) in [7, 11) is 0. The summed E-state index contributed by atoms with van der Waals surface area (Å²) in [6.45, 7) is 2.84.